The molecule has 0 aliphatic carbocycles. The molecule has 1 amide bonds. The third kappa shape index (κ3) is 4.68. The molecule has 0 N–H and O–H groups in total. The van der Waals surface area contributed by atoms with Crippen LogP contribution in [0.4, 0.5) is 0 Å². The second-order valence-electron chi connectivity index (χ2n) is 6.38. The first-order valence-corrected chi connectivity index (χ1v) is 8.76. The molecule has 0 bridgehead atoms. The van der Waals surface area contributed by atoms with Crippen molar-refractivity contribution in [2.24, 2.45) is 0 Å². The summed E-state index contributed by atoms with van der Waals surface area (Å²) in [4.78, 5) is 14.0. The number of nitrogens with zero attached hydrogens (tertiary/aromatic N) is 1. The Hall–Kier alpha value is -2.17. The predicted molar refractivity (Wildman–Crippen MR) is 97.5 cm³/mol. The number of rotatable bonds is 6. The van der Waals surface area contributed by atoms with Crippen molar-refractivity contribution in [1.82, 2.24) is 4.90 Å². The van der Waals surface area contributed by atoms with Crippen molar-refractivity contribution < 1.29 is 14.3 Å². The number of morpholine rings is 1. The lowest BCUT2D eigenvalue weighted by atomic mass is 9.86. The van der Waals surface area contributed by atoms with Gasteiger partial charge in [0.15, 0.2) is 0 Å². The van der Waals surface area contributed by atoms with Crippen molar-refractivity contribution in [2.45, 2.75) is 18.4 Å². The number of carbonyl (C=O) groups is 1. The van der Waals surface area contributed by atoms with Gasteiger partial charge in [0.25, 0.3) is 0 Å². The summed E-state index contributed by atoms with van der Waals surface area (Å²) in [6, 6.07) is 21.0. The van der Waals surface area contributed by atoms with Gasteiger partial charge in [0.05, 0.1) is 12.7 Å². The van der Waals surface area contributed by atoms with E-state index in [9.17, 15) is 4.79 Å². The van der Waals surface area contributed by atoms with Crippen LogP contribution in [0.25, 0.3) is 0 Å². The van der Waals surface area contributed by atoms with Gasteiger partial charge in [-0.3, -0.25) is 4.79 Å². The van der Waals surface area contributed by atoms with Crippen molar-refractivity contribution >= 4 is 5.91 Å². The first-order valence-electron chi connectivity index (χ1n) is 8.76. The molecule has 132 valence electrons. The minimum absolute atomic E-state index is 0.0277. The van der Waals surface area contributed by atoms with Gasteiger partial charge < -0.3 is 14.4 Å². The van der Waals surface area contributed by atoms with Gasteiger partial charge in [0.2, 0.25) is 5.91 Å². The number of hydrogen-bond acceptors (Lipinski definition) is 3. The van der Waals surface area contributed by atoms with E-state index in [1.165, 1.54) is 11.1 Å². The van der Waals surface area contributed by atoms with Crippen LogP contribution in [0.15, 0.2) is 60.7 Å². The largest absolute Gasteiger partial charge is 0.375 e. The van der Waals surface area contributed by atoms with Crippen molar-refractivity contribution in [3.63, 3.8) is 0 Å². The van der Waals surface area contributed by atoms with E-state index in [1.807, 2.05) is 17.0 Å². The van der Waals surface area contributed by atoms with E-state index in [0.717, 1.165) is 6.42 Å². The van der Waals surface area contributed by atoms with E-state index < -0.39 is 0 Å². The number of methoxy groups -OCH3 is 1. The Morgan fingerprint density at radius 2 is 1.72 bits per heavy atom. The summed E-state index contributed by atoms with van der Waals surface area (Å²) in [7, 11) is 1.55. The van der Waals surface area contributed by atoms with E-state index in [0.29, 0.717) is 19.7 Å². The van der Waals surface area contributed by atoms with Crippen LogP contribution in [-0.2, 0) is 14.3 Å². The van der Waals surface area contributed by atoms with Crippen molar-refractivity contribution in [1.29, 1.82) is 0 Å². The molecule has 25 heavy (non-hydrogen) atoms. The summed E-state index contributed by atoms with van der Waals surface area (Å²) in [5.74, 6) is 0.289. The van der Waals surface area contributed by atoms with Gasteiger partial charge >= 0.3 is 0 Å². The third-order valence-electron chi connectivity index (χ3n) is 4.66. The summed E-state index contributed by atoms with van der Waals surface area (Å²) >= 11 is 0. The molecule has 3 rings (SSSR count). The van der Waals surface area contributed by atoms with Gasteiger partial charge in [-0.2, -0.15) is 0 Å². The molecule has 1 aliphatic heterocycles. The van der Waals surface area contributed by atoms with Crippen LogP contribution in [0.3, 0.4) is 0 Å². The molecule has 1 aliphatic rings. The molecule has 1 atom stereocenters. The smallest absolute Gasteiger partial charge is 0.248 e. The van der Waals surface area contributed by atoms with Gasteiger partial charge in [-0.15, -0.1) is 0 Å². The lowest BCUT2D eigenvalue weighted by molar-refractivity contribution is -0.142. The highest BCUT2D eigenvalue weighted by Gasteiger charge is 2.27. The first-order chi connectivity index (χ1) is 12.3. The summed E-state index contributed by atoms with van der Waals surface area (Å²) in [5, 5.41) is 0. The number of hydrogen-bond donors (Lipinski definition) is 0. The highest BCUT2D eigenvalue weighted by Crippen LogP contribution is 2.30. The molecule has 4 nitrogen and oxygen atoms in total. The zero-order chi connectivity index (χ0) is 17.5. The summed E-state index contributed by atoms with van der Waals surface area (Å²) < 4.78 is 11.0. The number of amides is 1. The molecule has 0 saturated carbocycles. The Balaban J connectivity index is 1.75. The fourth-order valence-electron chi connectivity index (χ4n) is 3.40. The highest BCUT2D eigenvalue weighted by molar-refractivity contribution is 5.77. The van der Waals surface area contributed by atoms with E-state index >= 15 is 0 Å². The average molecular weight is 339 g/mol. The Labute approximate surface area is 149 Å². The minimum Gasteiger partial charge on any atom is -0.375 e. The van der Waals surface area contributed by atoms with E-state index in [1.54, 1.807) is 7.11 Å². The maximum Gasteiger partial charge on any atom is 0.248 e. The molecule has 4 heteroatoms. The minimum atomic E-state index is 0.0277. The topological polar surface area (TPSA) is 38.8 Å². The Kier molecular flexibility index (Phi) is 6.20. The molecule has 2 aromatic rings. The Morgan fingerprint density at radius 1 is 1.12 bits per heavy atom. The Morgan fingerprint density at radius 3 is 2.28 bits per heavy atom. The zero-order valence-electron chi connectivity index (χ0n) is 14.6. The van der Waals surface area contributed by atoms with Crippen LogP contribution in [-0.4, -0.2) is 50.3 Å². The zero-order valence-corrected chi connectivity index (χ0v) is 14.6. The molecule has 2 aromatic carbocycles. The lowest BCUT2D eigenvalue weighted by Gasteiger charge is -2.34. The second-order valence-corrected chi connectivity index (χ2v) is 6.38. The van der Waals surface area contributed by atoms with Crippen molar-refractivity contribution in [3.8, 4) is 0 Å². The number of carbonyl (C=O) groups excluding carboxylic acids is 1. The number of ether oxygens (including phenoxy) is 2. The molecular formula is C21H25NO3. The van der Waals surface area contributed by atoms with E-state index in [4.69, 9.17) is 9.47 Å². The van der Waals surface area contributed by atoms with Gasteiger partial charge in [-0.05, 0) is 17.5 Å². The van der Waals surface area contributed by atoms with Crippen LogP contribution in [0.5, 0.6) is 0 Å². The van der Waals surface area contributed by atoms with Crippen LogP contribution < -0.4 is 0 Å². The average Bonchev–Trinajstić information content (AvgIpc) is 2.68. The molecule has 1 fully saturated rings. The SMILES string of the molecule is COCC(=O)N1CCO[C@H](CC(c2ccccc2)c2ccccc2)C1. The molecule has 1 saturated heterocycles. The van der Waals surface area contributed by atoms with E-state index in [2.05, 4.69) is 48.5 Å². The lowest BCUT2D eigenvalue weighted by Crippen LogP contribution is -2.47. The monoisotopic (exact) mass is 339 g/mol. The van der Waals surface area contributed by atoms with Crippen LogP contribution >= 0.6 is 0 Å². The molecule has 0 aromatic heterocycles. The molecule has 1 heterocycles. The van der Waals surface area contributed by atoms with Gasteiger partial charge in [0.1, 0.15) is 6.61 Å². The third-order valence-corrected chi connectivity index (χ3v) is 4.66. The fourth-order valence-corrected chi connectivity index (χ4v) is 3.40. The molecular weight excluding hydrogens is 314 g/mol. The van der Waals surface area contributed by atoms with Gasteiger partial charge in [-0.25, -0.2) is 0 Å². The maximum absolute atomic E-state index is 12.1. The molecule has 0 spiro atoms. The summed E-state index contributed by atoms with van der Waals surface area (Å²) in [5.41, 5.74) is 2.55. The first kappa shape index (κ1) is 17.6. The van der Waals surface area contributed by atoms with Gasteiger partial charge in [-0.1, -0.05) is 60.7 Å². The fraction of sp³-hybridized carbons (Fsp3) is 0.381. The van der Waals surface area contributed by atoms with Gasteiger partial charge in [0, 0.05) is 26.1 Å². The normalized spacial score (nSPS) is 17.7. The van der Waals surface area contributed by atoms with Crippen LogP contribution in [0.1, 0.15) is 23.5 Å². The second kappa shape index (κ2) is 8.79. The molecule has 0 unspecified atom stereocenters. The predicted octanol–water partition coefficient (Wildman–Crippen LogP) is 3.08. The highest BCUT2D eigenvalue weighted by atomic mass is 16.5. The summed E-state index contributed by atoms with van der Waals surface area (Å²) in [6.45, 7) is 1.97. The summed E-state index contributed by atoms with van der Waals surface area (Å²) in [6.07, 6.45) is 0.880. The van der Waals surface area contributed by atoms with Crippen molar-refractivity contribution in [2.75, 3.05) is 33.4 Å². The number of benzene rings is 2. The molecule has 0 radical (unpaired) electrons. The van der Waals surface area contributed by atoms with Crippen LogP contribution in [0.2, 0.25) is 0 Å². The Bertz CT molecular complexity index is 620. The van der Waals surface area contributed by atoms with Crippen LogP contribution in [0, 0.1) is 0 Å². The van der Waals surface area contributed by atoms with Crippen molar-refractivity contribution in [3.05, 3.63) is 71.8 Å². The standard InChI is InChI=1S/C21H25NO3/c1-24-16-21(23)22-12-13-25-19(15-22)14-20(17-8-4-2-5-9-17)18-10-6-3-7-11-18/h2-11,19-20H,12-16H2,1H3/t19-/m1/s1. The maximum atomic E-state index is 12.1. The van der Waals surface area contributed by atoms with E-state index in [-0.39, 0.29) is 24.5 Å². The quantitative estimate of drug-likeness (QED) is 0.812.